The van der Waals surface area contributed by atoms with Crippen molar-refractivity contribution in [3.05, 3.63) is 22.8 Å². The van der Waals surface area contributed by atoms with E-state index < -0.39 is 0 Å². The van der Waals surface area contributed by atoms with E-state index >= 15 is 0 Å². The maximum absolute atomic E-state index is 11.8. The smallest absolute Gasteiger partial charge is 0.303 e. The van der Waals surface area contributed by atoms with Gasteiger partial charge in [0.05, 0.1) is 0 Å². The summed E-state index contributed by atoms with van der Waals surface area (Å²) in [5.41, 5.74) is 4.51. The average molecular weight is 326 g/mol. The van der Waals surface area contributed by atoms with E-state index in [1.54, 1.807) is 12.5 Å². The number of carbonyl (C=O) groups is 2. The lowest BCUT2D eigenvalue weighted by Crippen LogP contribution is -2.47. The van der Waals surface area contributed by atoms with Crippen LogP contribution in [0.15, 0.2) is 22.8 Å². The molecule has 0 radical (unpaired) electrons. The van der Waals surface area contributed by atoms with E-state index in [1.807, 2.05) is 6.08 Å². The Morgan fingerprint density at radius 2 is 2.08 bits per heavy atom. The first-order valence-electron chi connectivity index (χ1n) is 9.60. The van der Waals surface area contributed by atoms with Crippen LogP contribution in [0.5, 0.6) is 0 Å². The summed E-state index contributed by atoms with van der Waals surface area (Å²) in [6, 6.07) is 0. The molecule has 5 aliphatic carbocycles. The number of ether oxygens (including phenoxy) is 1. The molecule has 0 aromatic heterocycles. The van der Waals surface area contributed by atoms with Crippen LogP contribution in [-0.2, 0) is 14.3 Å². The van der Waals surface area contributed by atoms with Crippen molar-refractivity contribution in [1.29, 1.82) is 0 Å². The Balaban J connectivity index is 1.52. The minimum absolute atomic E-state index is 0.108. The molecule has 5 aliphatic rings. The lowest BCUT2D eigenvalue weighted by atomic mass is 9.55. The zero-order chi connectivity index (χ0) is 16.7. The molecule has 0 heterocycles. The van der Waals surface area contributed by atoms with E-state index in [-0.39, 0.29) is 17.0 Å². The fourth-order valence-corrected chi connectivity index (χ4v) is 6.90. The van der Waals surface area contributed by atoms with Gasteiger partial charge in [-0.15, -0.1) is 0 Å². The normalized spacial score (nSPS) is 45.7. The Morgan fingerprint density at radius 3 is 2.88 bits per heavy atom. The standard InChI is InChI=1S/C21H26O3/c1-12(22)24-21-11-14(21)10-19-18-5-3-13-9-15(23)4-6-16(13)17(18)7-8-20(19,21)2/h9,14,18-19H,3-8,10-11H2,1-2H3/t14-,18+,19-,20-,21?/m0/s1. The van der Waals surface area contributed by atoms with Crippen molar-refractivity contribution in [3.63, 3.8) is 0 Å². The van der Waals surface area contributed by atoms with Gasteiger partial charge in [0.15, 0.2) is 5.78 Å². The molecule has 3 nitrogen and oxygen atoms in total. The first kappa shape index (κ1) is 14.9. The topological polar surface area (TPSA) is 43.4 Å². The molecule has 0 saturated heterocycles. The molecule has 1 unspecified atom stereocenters. The molecule has 128 valence electrons. The predicted octanol–water partition coefficient (Wildman–Crippen LogP) is 4.12. The minimum Gasteiger partial charge on any atom is -0.458 e. The average Bonchev–Trinajstić information content (AvgIpc) is 3.16. The molecule has 3 fully saturated rings. The van der Waals surface area contributed by atoms with Gasteiger partial charge in [-0.2, -0.15) is 0 Å². The van der Waals surface area contributed by atoms with Gasteiger partial charge >= 0.3 is 5.97 Å². The zero-order valence-corrected chi connectivity index (χ0v) is 14.7. The maximum Gasteiger partial charge on any atom is 0.303 e. The van der Waals surface area contributed by atoms with Gasteiger partial charge in [0.25, 0.3) is 0 Å². The van der Waals surface area contributed by atoms with E-state index in [9.17, 15) is 9.59 Å². The highest BCUT2D eigenvalue weighted by atomic mass is 16.6. The highest BCUT2D eigenvalue weighted by molar-refractivity contribution is 5.93. The SMILES string of the molecule is CC(=O)OC12C[C@@H]1C[C@H]1[C@@H]3CCC4=CC(=O)CCC4=C3CC[C@@]12C. The minimum atomic E-state index is -0.154. The number of esters is 1. The van der Waals surface area contributed by atoms with Gasteiger partial charge in [-0.05, 0) is 74.0 Å². The monoisotopic (exact) mass is 326 g/mol. The van der Waals surface area contributed by atoms with Crippen molar-refractivity contribution in [2.45, 2.75) is 70.8 Å². The summed E-state index contributed by atoms with van der Waals surface area (Å²) < 4.78 is 5.93. The molecule has 0 aromatic carbocycles. The predicted molar refractivity (Wildman–Crippen MR) is 90.1 cm³/mol. The summed E-state index contributed by atoms with van der Waals surface area (Å²) in [6.45, 7) is 3.96. The molecule has 5 atom stereocenters. The quantitative estimate of drug-likeness (QED) is 0.681. The van der Waals surface area contributed by atoms with Crippen molar-refractivity contribution in [1.82, 2.24) is 0 Å². The van der Waals surface area contributed by atoms with E-state index in [0.717, 1.165) is 32.1 Å². The summed E-state index contributed by atoms with van der Waals surface area (Å²) in [5.74, 6) is 2.11. The molecule has 3 heteroatoms. The Bertz CT molecular complexity index is 715. The van der Waals surface area contributed by atoms with Gasteiger partial charge in [-0.3, -0.25) is 9.59 Å². The molecule has 0 N–H and O–H groups in total. The van der Waals surface area contributed by atoms with Crippen LogP contribution in [0.4, 0.5) is 0 Å². The third-order valence-corrected chi connectivity index (χ3v) is 8.00. The van der Waals surface area contributed by atoms with E-state index in [4.69, 9.17) is 4.74 Å². The van der Waals surface area contributed by atoms with Crippen LogP contribution in [0.3, 0.4) is 0 Å². The van der Waals surface area contributed by atoms with Crippen molar-refractivity contribution in [2.24, 2.45) is 23.2 Å². The van der Waals surface area contributed by atoms with Gasteiger partial charge in [-0.25, -0.2) is 0 Å². The Labute approximate surface area is 143 Å². The fourth-order valence-electron chi connectivity index (χ4n) is 6.90. The van der Waals surface area contributed by atoms with Crippen LogP contribution < -0.4 is 0 Å². The Morgan fingerprint density at radius 1 is 1.25 bits per heavy atom. The molecule has 24 heavy (non-hydrogen) atoms. The molecular weight excluding hydrogens is 300 g/mol. The van der Waals surface area contributed by atoms with Gasteiger partial charge in [-0.1, -0.05) is 12.5 Å². The van der Waals surface area contributed by atoms with E-state index in [1.165, 1.54) is 24.0 Å². The molecule has 5 rings (SSSR count). The molecule has 0 aromatic rings. The number of hydrogen-bond donors (Lipinski definition) is 0. The summed E-state index contributed by atoms with van der Waals surface area (Å²) >= 11 is 0. The first-order chi connectivity index (χ1) is 11.4. The van der Waals surface area contributed by atoms with Gasteiger partial charge in [0.1, 0.15) is 5.60 Å². The lowest BCUT2D eigenvalue weighted by Gasteiger charge is -2.50. The number of rotatable bonds is 1. The van der Waals surface area contributed by atoms with Crippen LogP contribution in [0.2, 0.25) is 0 Å². The van der Waals surface area contributed by atoms with Crippen LogP contribution in [0.25, 0.3) is 0 Å². The number of allylic oxidation sites excluding steroid dienone is 4. The molecule has 0 bridgehead atoms. The summed E-state index contributed by atoms with van der Waals surface area (Å²) in [5, 5.41) is 0. The van der Waals surface area contributed by atoms with Gasteiger partial charge in [0, 0.05) is 24.7 Å². The second kappa shape index (κ2) is 4.62. The maximum atomic E-state index is 11.8. The first-order valence-corrected chi connectivity index (χ1v) is 9.60. The highest BCUT2D eigenvalue weighted by Crippen LogP contribution is 2.75. The van der Waals surface area contributed by atoms with Gasteiger partial charge < -0.3 is 4.74 Å². The number of fused-ring (bicyclic) bond motifs is 6. The Kier molecular flexibility index (Phi) is 2.87. The number of carbonyl (C=O) groups excluding carboxylic acids is 2. The number of hydrogen-bond acceptors (Lipinski definition) is 3. The molecular formula is C21H26O3. The van der Waals surface area contributed by atoms with Crippen molar-refractivity contribution in [2.75, 3.05) is 0 Å². The van der Waals surface area contributed by atoms with Crippen molar-refractivity contribution >= 4 is 11.8 Å². The second-order valence-corrected chi connectivity index (χ2v) is 8.93. The third kappa shape index (κ3) is 1.74. The molecule has 0 aliphatic heterocycles. The highest BCUT2D eigenvalue weighted by Gasteiger charge is 2.76. The summed E-state index contributed by atoms with van der Waals surface area (Å²) in [4.78, 5) is 23.4. The van der Waals surface area contributed by atoms with Crippen LogP contribution in [0, 0.1) is 23.2 Å². The second-order valence-electron chi connectivity index (χ2n) is 8.93. The zero-order valence-electron chi connectivity index (χ0n) is 14.7. The van der Waals surface area contributed by atoms with E-state index in [2.05, 4.69) is 6.92 Å². The summed E-state index contributed by atoms with van der Waals surface area (Å²) in [6.07, 6.45) is 10.4. The molecule has 0 spiro atoms. The van der Waals surface area contributed by atoms with Gasteiger partial charge in [0.2, 0.25) is 0 Å². The third-order valence-electron chi connectivity index (χ3n) is 8.00. The van der Waals surface area contributed by atoms with Crippen molar-refractivity contribution in [3.8, 4) is 0 Å². The van der Waals surface area contributed by atoms with Crippen LogP contribution in [0.1, 0.15) is 65.2 Å². The van der Waals surface area contributed by atoms with E-state index in [0.29, 0.717) is 30.0 Å². The van der Waals surface area contributed by atoms with Crippen LogP contribution >= 0.6 is 0 Å². The lowest BCUT2D eigenvalue weighted by molar-refractivity contribution is -0.160. The van der Waals surface area contributed by atoms with Crippen molar-refractivity contribution < 1.29 is 14.3 Å². The van der Waals surface area contributed by atoms with Crippen LogP contribution in [-0.4, -0.2) is 17.4 Å². The molecule has 3 saturated carbocycles. The molecule has 0 amide bonds. The largest absolute Gasteiger partial charge is 0.458 e. The summed E-state index contributed by atoms with van der Waals surface area (Å²) in [7, 11) is 0. The fraction of sp³-hybridized carbons (Fsp3) is 0.714. The Hall–Kier alpha value is -1.38. The number of ketones is 1.